The van der Waals surface area contributed by atoms with Crippen LogP contribution in [0.15, 0.2) is 42.5 Å². The third-order valence-electron chi connectivity index (χ3n) is 8.44. The average Bonchev–Trinajstić information content (AvgIpc) is 3.29. The van der Waals surface area contributed by atoms with Gasteiger partial charge in [-0.15, -0.1) is 0 Å². The van der Waals surface area contributed by atoms with Crippen LogP contribution in [0.1, 0.15) is 66.9 Å². The Balaban J connectivity index is 1.60. The van der Waals surface area contributed by atoms with Crippen molar-refractivity contribution in [2.45, 2.75) is 63.1 Å². The molecule has 5 nitrogen and oxygen atoms in total. The highest BCUT2D eigenvalue weighted by Gasteiger charge is 2.43. The summed E-state index contributed by atoms with van der Waals surface area (Å²) < 4.78 is 101. The Labute approximate surface area is 232 Å². The van der Waals surface area contributed by atoms with E-state index in [9.17, 15) is 45.7 Å². The second-order valence-corrected chi connectivity index (χ2v) is 11.3. The van der Waals surface area contributed by atoms with Gasteiger partial charge in [-0.1, -0.05) is 12.1 Å². The number of halogens is 7. The van der Waals surface area contributed by atoms with Gasteiger partial charge in [0.05, 0.1) is 29.3 Å². The summed E-state index contributed by atoms with van der Waals surface area (Å²) in [5.74, 6) is -1.77. The van der Waals surface area contributed by atoms with E-state index in [1.54, 1.807) is 19.1 Å². The van der Waals surface area contributed by atoms with Crippen LogP contribution in [0.5, 0.6) is 0 Å². The molecular formula is C29H32F7NO4. The summed E-state index contributed by atoms with van der Waals surface area (Å²) in [5.41, 5.74) is -3.56. The van der Waals surface area contributed by atoms with Crippen molar-refractivity contribution < 1.29 is 50.5 Å². The summed E-state index contributed by atoms with van der Waals surface area (Å²) in [6.45, 7) is 2.51. The predicted molar refractivity (Wildman–Crippen MR) is 134 cm³/mol. The maximum Gasteiger partial charge on any atom is 0.416 e. The number of aliphatic hydroxyl groups is 1. The number of alkyl halides is 6. The average molecular weight is 592 g/mol. The Morgan fingerprint density at radius 1 is 1.00 bits per heavy atom. The van der Waals surface area contributed by atoms with Crippen LogP contribution in [-0.4, -0.2) is 53.4 Å². The first kappa shape index (κ1) is 31.2. The maximum atomic E-state index is 13.7. The van der Waals surface area contributed by atoms with Crippen LogP contribution in [0.4, 0.5) is 30.7 Å². The van der Waals surface area contributed by atoms with E-state index in [1.165, 1.54) is 12.1 Å². The summed E-state index contributed by atoms with van der Waals surface area (Å²) in [6, 6.07) is 6.84. The normalized spacial score (nSPS) is 24.4. The molecule has 2 aliphatic rings. The minimum atomic E-state index is -5.05. The standard InChI is InChI=1S/C29H32F7NO4/c1-27(26(39)40)8-10-37(11-9-27)15-18-4-7-23(25(18)17-2-5-22(30)6-3-17)41-24(16-38)19-12-20(28(31,32)33)14-21(13-19)29(34,35)36/h2-3,5-6,12-14,18,23-25,38H,4,7-11,15-16H2,1H3,(H,39,40)/t18-,23-,24+,25-/m0/s1. The molecule has 2 fully saturated rings. The molecule has 2 aromatic carbocycles. The molecule has 0 spiro atoms. The van der Waals surface area contributed by atoms with Crippen LogP contribution in [0.25, 0.3) is 0 Å². The molecule has 0 amide bonds. The number of rotatable bonds is 8. The highest BCUT2D eigenvalue weighted by Crippen LogP contribution is 2.45. The van der Waals surface area contributed by atoms with E-state index in [1.807, 2.05) is 0 Å². The number of aliphatic carboxylic acids is 1. The van der Waals surface area contributed by atoms with Gasteiger partial charge in [0.25, 0.3) is 0 Å². The van der Waals surface area contributed by atoms with Gasteiger partial charge in [0.1, 0.15) is 11.9 Å². The van der Waals surface area contributed by atoms with E-state index in [-0.39, 0.29) is 17.9 Å². The second-order valence-electron chi connectivity index (χ2n) is 11.3. The van der Waals surface area contributed by atoms with Crippen LogP contribution < -0.4 is 0 Å². The molecular weight excluding hydrogens is 559 g/mol. The largest absolute Gasteiger partial charge is 0.481 e. The van der Waals surface area contributed by atoms with Gasteiger partial charge in [0, 0.05) is 12.5 Å². The van der Waals surface area contributed by atoms with Crippen molar-refractivity contribution in [1.82, 2.24) is 4.90 Å². The lowest BCUT2D eigenvalue weighted by Gasteiger charge is -2.38. The number of benzene rings is 2. The highest BCUT2D eigenvalue weighted by atomic mass is 19.4. The van der Waals surface area contributed by atoms with Gasteiger partial charge in [-0.3, -0.25) is 4.79 Å². The fourth-order valence-electron chi connectivity index (χ4n) is 5.95. The molecule has 226 valence electrons. The van der Waals surface area contributed by atoms with E-state index in [0.29, 0.717) is 63.0 Å². The molecule has 4 atom stereocenters. The van der Waals surface area contributed by atoms with Crippen LogP contribution >= 0.6 is 0 Å². The van der Waals surface area contributed by atoms with Crippen molar-refractivity contribution in [3.8, 4) is 0 Å². The number of carboxylic acids is 1. The van der Waals surface area contributed by atoms with Crippen molar-refractivity contribution in [2.75, 3.05) is 26.2 Å². The molecule has 2 aromatic rings. The third kappa shape index (κ3) is 7.21. The summed E-state index contributed by atoms with van der Waals surface area (Å²) in [7, 11) is 0. The SMILES string of the molecule is CC1(C(=O)O)CCN(C[C@@H]2CC[C@H](O[C@H](CO)c3cc(C(F)(F)F)cc(C(F)(F)F)c3)[C@H]2c2ccc(F)cc2)CC1. The quantitative estimate of drug-likeness (QED) is 0.336. The van der Waals surface area contributed by atoms with Gasteiger partial charge in [-0.05, 0) is 93.1 Å². The lowest BCUT2D eigenvalue weighted by molar-refractivity contribution is -0.151. The van der Waals surface area contributed by atoms with Gasteiger partial charge >= 0.3 is 18.3 Å². The number of hydrogen-bond donors (Lipinski definition) is 2. The Morgan fingerprint density at radius 2 is 1.56 bits per heavy atom. The number of hydrogen-bond acceptors (Lipinski definition) is 4. The summed E-state index contributed by atoms with van der Waals surface area (Å²) >= 11 is 0. The van der Waals surface area contributed by atoms with Crippen molar-refractivity contribution in [1.29, 1.82) is 0 Å². The third-order valence-corrected chi connectivity index (χ3v) is 8.44. The molecule has 0 unspecified atom stereocenters. The maximum absolute atomic E-state index is 13.7. The van der Waals surface area contributed by atoms with Gasteiger partial charge < -0.3 is 19.8 Å². The monoisotopic (exact) mass is 591 g/mol. The summed E-state index contributed by atoms with van der Waals surface area (Å²) in [5, 5.41) is 19.6. The Bertz CT molecular complexity index is 1170. The Kier molecular flexibility index (Phi) is 9.06. The van der Waals surface area contributed by atoms with Gasteiger partial charge in [0.2, 0.25) is 0 Å². The molecule has 4 rings (SSSR count). The Morgan fingerprint density at radius 3 is 2.05 bits per heavy atom. The number of nitrogens with zero attached hydrogens (tertiary/aromatic N) is 1. The molecule has 12 heteroatoms. The molecule has 1 saturated heterocycles. The van der Waals surface area contributed by atoms with Crippen LogP contribution in [-0.2, 0) is 21.9 Å². The number of carbonyl (C=O) groups is 1. The lowest BCUT2D eigenvalue weighted by Crippen LogP contribution is -2.44. The zero-order valence-electron chi connectivity index (χ0n) is 22.3. The van der Waals surface area contributed by atoms with Gasteiger partial charge in [-0.25, -0.2) is 4.39 Å². The fourth-order valence-corrected chi connectivity index (χ4v) is 5.95. The molecule has 1 saturated carbocycles. The summed E-state index contributed by atoms with van der Waals surface area (Å²) in [4.78, 5) is 13.8. The number of aliphatic hydroxyl groups excluding tert-OH is 1. The van der Waals surface area contributed by atoms with Gasteiger partial charge in [-0.2, -0.15) is 26.3 Å². The first-order valence-corrected chi connectivity index (χ1v) is 13.4. The minimum Gasteiger partial charge on any atom is -0.481 e. The first-order valence-electron chi connectivity index (χ1n) is 13.4. The molecule has 41 heavy (non-hydrogen) atoms. The van der Waals surface area contributed by atoms with Crippen molar-refractivity contribution in [2.24, 2.45) is 11.3 Å². The van der Waals surface area contributed by atoms with Crippen molar-refractivity contribution in [3.05, 3.63) is 70.5 Å². The molecule has 0 aromatic heterocycles. The van der Waals surface area contributed by atoms with Crippen molar-refractivity contribution >= 4 is 5.97 Å². The minimum absolute atomic E-state index is 0.0266. The molecule has 2 N–H and O–H groups in total. The molecule has 0 radical (unpaired) electrons. The van der Waals surface area contributed by atoms with Gasteiger partial charge in [0.15, 0.2) is 0 Å². The lowest BCUT2D eigenvalue weighted by atomic mass is 9.80. The number of piperidine rings is 1. The first-order chi connectivity index (χ1) is 19.1. The van der Waals surface area contributed by atoms with E-state index >= 15 is 0 Å². The van der Waals surface area contributed by atoms with E-state index in [2.05, 4.69) is 4.90 Å². The zero-order chi connectivity index (χ0) is 30.2. The topological polar surface area (TPSA) is 70.0 Å². The summed E-state index contributed by atoms with van der Waals surface area (Å²) in [6.07, 6.45) is -10.3. The Hall–Kier alpha value is -2.70. The van der Waals surface area contributed by atoms with Crippen LogP contribution in [0.2, 0.25) is 0 Å². The van der Waals surface area contributed by atoms with Crippen molar-refractivity contribution in [3.63, 3.8) is 0 Å². The zero-order valence-corrected chi connectivity index (χ0v) is 22.3. The smallest absolute Gasteiger partial charge is 0.416 e. The van der Waals surface area contributed by atoms with Crippen LogP contribution in [0.3, 0.4) is 0 Å². The fraction of sp³-hybridized carbons (Fsp3) is 0.552. The second kappa shape index (κ2) is 11.9. The molecule has 1 aliphatic heterocycles. The number of likely N-dealkylation sites (tertiary alicyclic amines) is 1. The molecule has 1 aliphatic carbocycles. The van der Waals surface area contributed by atoms with E-state index in [0.717, 1.165) is 0 Å². The number of ether oxygens (including phenoxy) is 1. The van der Waals surface area contributed by atoms with Crippen LogP contribution in [0, 0.1) is 17.2 Å². The van der Waals surface area contributed by atoms with E-state index < -0.39 is 65.1 Å². The predicted octanol–water partition coefficient (Wildman–Crippen LogP) is 6.66. The number of carboxylic acid groups (broad SMARTS) is 1. The molecule has 0 bridgehead atoms. The van der Waals surface area contributed by atoms with E-state index in [4.69, 9.17) is 4.74 Å². The molecule has 1 heterocycles. The highest BCUT2D eigenvalue weighted by molar-refractivity contribution is 5.74.